The zero-order chi connectivity index (χ0) is 22.5. The molecule has 0 aromatic heterocycles. The van der Waals surface area contributed by atoms with Crippen LogP contribution >= 0.6 is 11.6 Å². The van der Waals surface area contributed by atoms with E-state index in [1.54, 1.807) is 6.07 Å². The number of aromatic hydroxyl groups is 1. The average Bonchev–Trinajstić information content (AvgIpc) is 2.64. The van der Waals surface area contributed by atoms with E-state index in [-0.39, 0.29) is 17.5 Å². The Balaban J connectivity index is 1.82. The number of halogens is 4. The molecule has 0 aliphatic carbocycles. The lowest BCUT2D eigenvalue weighted by Crippen LogP contribution is -2.25. The molecule has 0 unspecified atom stereocenters. The summed E-state index contributed by atoms with van der Waals surface area (Å²) < 4.78 is 44.4. The highest BCUT2D eigenvalue weighted by atomic mass is 35.5. The predicted molar refractivity (Wildman–Crippen MR) is 110 cm³/mol. The number of unbranched alkanes of at least 4 members (excludes halogenated alkanes) is 1. The van der Waals surface area contributed by atoms with Gasteiger partial charge in [-0.25, -0.2) is 0 Å². The number of ether oxygens (including phenoxy) is 1. The Hall–Kier alpha value is -2.41. The molecule has 0 fully saturated rings. The molecule has 1 amide bonds. The first kappa shape index (κ1) is 23.9. The molecule has 164 valence electrons. The number of carbonyl (C=O) groups is 1. The quantitative estimate of drug-likeness (QED) is 0.520. The van der Waals surface area contributed by atoms with Crippen LogP contribution in [0.5, 0.6) is 11.5 Å². The highest BCUT2D eigenvalue weighted by Gasteiger charge is 2.34. The number of nitrogens with one attached hydrogen (secondary N) is 1. The van der Waals surface area contributed by atoms with Crippen LogP contribution < -0.4 is 10.1 Å². The fraction of sp³-hybridized carbons (Fsp3) is 0.409. The molecule has 0 bridgehead atoms. The molecule has 2 aromatic carbocycles. The average molecular weight is 444 g/mol. The molecule has 0 aliphatic rings. The molecule has 2 rings (SSSR count). The normalized spacial score (nSPS) is 12.0. The minimum absolute atomic E-state index is 0.131. The van der Waals surface area contributed by atoms with Crippen LogP contribution in [0.4, 0.5) is 13.2 Å². The number of hydrogen-bond acceptors (Lipinski definition) is 3. The van der Waals surface area contributed by atoms with Gasteiger partial charge in [-0.15, -0.1) is 0 Å². The van der Waals surface area contributed by atoms with E-state index in [4.69, 9.17) is 16.3 Å². The van der Waals surface area contributed by atoms with E-state index < -0.39 is 23.4 Å². The summed E-state index contributed by atoms with van der Waals surface area (Å²) in [6, 6.07) is 8.13. The number of rotatable bonds is 7. The largest absolute Gasteiger partial charge is 0.507 e. The zero-order valence-electron chi connectivity index (χ0n) is 17.1. The number of phenolic OH excluding ortho intramolecular Hbond substituents is 1. The van der Waals surface area contributed by atoms with Crippen molar-refractivity contribution in [1.29, 1.82) is 0 Å². The van der Waals surface area contributed by atoms with Crippen LogP contribution in [-0.4, -0.2) is 24.2 Å². The maximum atomic E-state index is 12.8. The summed E-state index contributed by atoms with van der Waals surface area (Å²) in [5, 5.41) is 12.5. The van der Waals surface area contributed by atoms with E-state index in [1.165, 1.54) is 0 Å². The molecule has 30 heavy (non-hydrogen) atoms. The topological polar surface area (TPSA) is 58.6 Å². The summed E-state index contributed by atoms with van der Waals surface area (Å²) in [4.78, 5) is 12.1. The van der Waals surface area contributed by atoms with E-state index >= 15 is 0 Å². The van der Waals surface area contributed by atoms with Crippen LogP contribution in [-0.2, 0) is 11.6 Å². The summed E-state index contributed by atoms with van der Waals surface area (Å²) >= 11 is 6.08. The summed E-state index contributed by atoms with van der Waals surface area (Å²) in [5.41, 5.74) is -0.530. The Kier molecular flexibility index (Phi) is 7.64. The number of benzene rings is 2. The monoisotopic (exact) mass is 443 g/mol. The molecule has 0 spiro atoms. The fourth-order valence-corrected chi connectivity index (χ4v) is 3.00. The number of carbonyl (C=O) groups excluding carboxylic acids is 1. The smallest absolute Gasteiger partial charge is 0.419 e. The van der Waals surface area contributed by atoms with Crippen LogP contribution in [0, 0.1) is 0 Å². The van der Waals surface area contributed by atoms with Gasteiger partial charge < -0.3 is 15.2 Å². The second-order valence-corrected chi connectivity index (χ2v) is 8.37. The van der Waals surface area contributed by atoms with Gasteiger partial charge in [-0.05, 0) is 54.7 Å². The molecule has 0 atom stereocenters. The van der Waals surface area contributed by atoms with Gasteiger partial charge >= 0.3 is 6.18 Å². The maximum Gasteiger partial charge on any atom is 0.419 e. The highest BCUT2D eigenvalue weighted by molar-refractivity contribution is 6.30. The van der Waals surface area contributed by atoms with Gasteiger partial charge in [0.2, 0.25) is 0 Å². The molecular formula is C22H25ClF3NO3. The standard InChI is InChI=1S/C22H25ClF3NO3/c1-21(2,3)17-13-15(23)7-9-19(17)30-11-5-4-10-27-20(29)14-6-8-18(28)16(12-14)22(24,25)26/h6-9,12-13,28H,4-5,10-11H2,1-3H3,(H,27,29). The Morgan fingerprint density at radius 3 is 2.40 bits per heavy atom. The van der Waals surface area contributed by atoms with Crippen molar-refractivity contribution in [3.63, 3.8) is 0 Å². The number of phenols is 1. The molecule has 8 heteroatoms. The van der Waals surface area contributed by atoms with E-state index in [1.807, 2.05) is 12.1 Å². The summed E-state index contributed by atoms with van der Waals surface area (Å²) in [5.74, 6) is -0.790. The first-order chi connectivity index (χ1) is 13.9. The van der Waals surface area contributed by atoms with Gasteiger partial charge in [0, 0.05) is 22.7 Å². The van der Waals surface area contributed by atoms with Crippen LogP contribution in [0.25, 0.3) is 0 Å². The number of amides is 1. The van der Waals surface area contributed by atoms with Crippen molar-refractivity contribution in [3.05, 3.63) is 58.1 Å². The molecule has 0 aliphatic heterocycles. The minimum atomic E-state index is -4.73. The van der Waals surface area contributed by atoms with Gasteiger partial charge in [-0.2, -0.15) is 13.2 Å². The lowest BCUT2D eigenvalue weighted by Gasteiger charge is -2.23. The van der Waals surface area contributed by atoms with Crippen molar-refractivity contribution in [3.8, 4) is 11.5 Å². The van der Waals surface area contributed by atoms with Gasteiger partial charge in [0.05, 0.1) is 12.2 Å². The summed E-state index contributed by atoms with van der Waals surface area (Å²) in [6.45, 7) is 6.91. The molecular weight excluding hydrogens is 419 g/mol. The molecule has 2 N–H and O–H groups in total. The Bertz CT molecular complexity index is 892. The second kappa shape index (κ2) is 9.60. The third-order valence-electron chi connectivity index (χ3n) is 4.43. The van der Waals surface area contributed by atoms with Crippen molar-refractivity contribution in [1.82, 2.24) is 5.32 Å². The van der Waals surface area contributed by atoms with Crippen molar-refractivity contribution in [2.45, 2.75) is 45.2 Å². The van der Waals surface area contributed by atoms with Crippen LogP contribution in [0.15, 0.2) is 36.4 Å². The third-order valence-corrected chi connectivity index (χ3v) is 4.66. The molecule has 0 radical (unpaired) electrons. The molecule has 0 saturated heterocycles. The molecule has 0 heterocycles. The first-order valence-electron chi connectivity index (χ1n) is 9.51. The van der Waals surface area contributed by atoms with Gasteiger partial charge in [0.15, 0.2) is 0 Å². The highest BCUT2D eigenvalue weighted by Crippen LogP contribution is 2.36. The van der Waals surface area contributed by atoms with Crippen LogP contribution in [0.3, 0.4) is 0 Å². The second-order valence-electron chi connectivity index (χ2n) is 7.93. The van der Waals surface area contributed by atoms with E-state index in [0.29, 0.717) is 30.5 Å². The predicted octanol–water partition coefficient (Wildman–Crippen LogP) is 5.95. The van der Waals surface area contributed by atoms with Gasteiger partial charge in [0.25, 0.3) is 5.91 Å². The Labute approximate surface area is 179 Å². The molecule has 4 nitrogen and oxygen atoms in total. The lowest BCUT2D eigenvalue weighted by atomic mass is 9.86. The number of alkyl halides is 3. The lowest BCUT2D eigenvalue weighted by molar-refractivity contribution is -0.138. The first-order valence-corrected chi connectivity index (χ1v) is 9.88. The van der Waals surface area contributed by atoms with E-state index in [0.717, 1.165) is 23.4 Å². The van der Waals surface area contributed by atoms with Gasteiger partial charge in [0.1, 0.15) is 11.5 Å². The van der Waals surface area contributed by atoms with Crippen LogP contribution in [0.1, 0.15) is 55.1 Å². The number of hydrogen-bond donors (Lipinski definition) is 2. The van der Waals surface area contributed by atoms with Crippen molar-refractivity contribution in [2.24, 2.45) is 0 Å². The summed E-state index contributed by atoms with van der Waals surface area (Å²) in [7, 11) is 0. The van der Waals surface area contributed by atoms with Crippen LogP contribution in [0.2, 0.25) is 5.02 Å². The molecule has 2 aromatic rings. The Morgan fingerprint density at radius 1 is 1.07 bits per heavy atom. The Morgan fingerprint density at radius 2 is 1.77 bits per heavy atom. The van der Waals surface area contributed by atoms with Gasteiger partial charge in [-0.1, -0.05) is 32.4 Å². The molecule has 0 saturated carbocycles. The van der Waals surface area contributed by atoms with E-state index in [2.05, 4.69) is 26.1 Å². The zero-order valence-corrected chi connectivity index (χ0v) is 17.8. The third kappa shape index (κ3) is 6.55. The SMILES string of the molecule is CC(C)(C)c1cc(Cl)ccc1OCCCCNC(=O)c1ccc(O)c(C(F)(F)F)c1. The van der Waals surface area contributed by atoms with E-state index in [9.17, 15) is 23.1 Å². The van der Waals surface area contributed by atoms with Gasteiger partial charge in [-0.3, -0.25) is 4.79 Å². The fourth-order valence-electron chi connectivity index (χ4n) is 2.83. The summed E-state index contributed by atoms with van der Waals surface area (Å²) in [6.07, 6.45) is -3.49. The minimum Gasteiger partial charge on any atom is -0.507 e. The van der Waals surface area contributed by atoms with Crippen molar-refractivity contribution in [2.75, 3.05) is 13.2 Å². The van der Waals surface area contributed by atoms with Crippen molar-refractivity contribution >= 4 is 17.5 Å². The van der Waals surface area contributed by atoms with Crippen molar-refractivity contribution < 1.29 is 27.8 Å². The maximum absolute atomic E-state index is 12.8.